The van der Waals surface area contributed by atoms with E-state index in [1.54, 1.807) is 12.1 Å². The minimum absolute atomic E-state index is 0.252. The number of anilines is 1. The molecule has 7 nitrogen and oxygen atoms in total. The third kappa shape index (κ3) is 3.11. The van der Waals surface area contributed by atoms with Gasteiger partial charge in [-0.15, -0.1) is 0 Å². The lowest BCUT2D eigenvalue weighted by Crippen LogP contribution is -2.58. The standard InChI is InChI=1S/C21H21ClN6O/c22-14-6-9-17-16(12-14)25-18(29-17)13-4-7-15(8-5-13)28-20(24)26-19(23)27-21(28)10-2-1-3-11-21/h4-9,12H,1-3,10-11H2,(H4,23,24,26,27). The van der Waals surface area contributed by atoms with Crippen molar-refractivity contribution in [2.24, 2.45) is 21.5 Å². The number of oxazole rings is 1. The molecule has 5 rings (SSSR count). The van der Waals surface area contributed by atoms with E-state index in [1.807, 2.05) is 35.2 Å². The number of aliphatic imine (C=N–C) groups is 2. The third-order valence-electron chi connectivity index (χ3n) is 5.57. The Kier molecular flexibility index (Phi) is 4.20. The number of hydrogen-bond acceptors (Lipinski definition) is 7. The van der Waals surface area contributed by atoms with E-state index < -0.39 is 5.66 Å². The summed E-state index contributed by atoms with van der Waals surface area (Å²) < 4.78 is 5.87. The fourth-order valence-corrected chi connectivity index (χ4v) is 4.44. The minimum Gasteiger partial charge on any atom is -0.436 e. The molecule has 29 heavy (non-hydrogen) atoms. The number of halogens is 1. The molecular weight excluding hydrogens is 388 g/mol. The number of fused-ring (bicyclic) bond motifs is 1. The maximum absolute atomic E-state index is 6.29. The summed E-state index contributed by atoms with van der Waals surface area (Å²) in [6, 6.07) is 13.3. The monoisotopic (exact) mass is 408 g/mol. The van der Waals surface area contributed by atoms with Gasteiger partial charge < -0.3 is 15.9 Å². The van der Waals surface area contributed by atoms with Gasteiger partial charge in [0.1, 0.15) is 11.2 Å². The lowest BCUT2D eigenvalue weighted by molar-refractivity contribution is 0.305. The van der Waals surface area contributed by atoms with Crippen LogP contribution < -0.4 is 16.4 Å². The third-order valence-corrected chi connectivity index (χ3v) is 5.81. The summed E-state index contributed by atoms with van der Waals surface area (Å²) in [4.78, 5) is 15.5. The summed E-state index contributed by atoms with van der Waals surface area (Å²) in [6.45, 7) is 0. The fraction of sp³-hybridized carbons (Fsp3) is 0.286. The highest BCUT2D eigenvalue weighted by Gasteiger charge is 2.42. The lowest BCUT2D eigenvalue weighted by atomic mass is 9.87. The van der Waals surface area contributed by atoms with Crippen molar-refractivity contribution in [3.8, 4) is 11.5 Å². The largest absolute Gasteiger partial charge is 0.436 e. The Morgan fingerprint density at radius 1 is 1.00 bits per heavy atom. The average Bonchev–Trinajstić information content (AvgIpc) is 3.11. The first-order valence-corrected chi connectivity index (χ1v) is 10.1. The first kappa shape index (κ1) is 18.0. The van der Waals surface area contributed by atoms with Crippen molar-refractivity contribution < 1.29 is 4.42 Å². The van der Waals surface area contributed by atoms with Gasteiger partial charge >= 0.3 is 0 Å². The molecule has 4 N–H and O–H groups in total. The normalized spacial score (nSPS) is 18.7. The first-order chi connectivity index (χ1) is 14.0. The molecule has 0 unspecified atom stereocenters. The Morgan fingerprint density at radius 3 is 2.52 bits per heavy atom. The number of guanidine groups is 2. The second kappa shape index (κ2) is 6.77. The molecule has 148 valence electrons. The van der Waals surface area contributed by atoms with E-state index in [4.69, 9.17) is 32.5 Å². The summed E-state index contributed by atoms with van der Waals surface area (Å²) in [5.41, 5.74) is 15.0. The fourth-order valence-electron chi connectivity index (χ4n) is 4.27. The van der Waals surface area contributed by atoms with Crippen LogP contribution in [0.1, 0.15) is 32.1 Å². The van der Waals surface area contributed by atoms with E-state index in [0.717, 1.165) is 42.5 Å². The predicted octanol–water partition coefficient (Wildman–Crippen LogP) is 4.26. The summed E-state index contributed by atoms with van der Waals surface area (Å²) >= 11 is 6.05. The van der Waals surface area contributed by atoms with Crippen molar-refractivity contribution in [1.82, 2.24) is 4.98 Å². The average molecular weight is 409 g/mol. The summed E-state index contributed by atoms with van der Waals surface area (Å²) in [7, 11) is 0. The van der Waals surface area contributed by atoms with Gasteiger partial charge in [-0.3, -0.25) is 4.90 Å². The van der Waals surface area contributed by atoms with Gasteiger partial charge in [0.25, 0.3) is 0 Å². The topological polar surface area (TPSA) is 106 Å². The molecule has 1 fully saturated rings. The van der Waals surface area contributed by atoms with Crippen LogP contribution in [0.3, 0.4) is 0 Å². The van der Waals surface area contributed by atoms with Crippen molar-refractivity contribution >= 4 is 40.3 Å². The molecule has 0 radical (unpaired) electrons. The molecule has 2 aliphatic rings. The van der Waals surface area contributed by atoms with Crippen LogP contribution >= 0.6 is 11.6 Å². The van der Waals surface area contributed by atoms with Crippen molar-refractivity contribution in [3.63, 3.8) is 0 Å². The smallest absolute Gasteiger partial charge is 0.227 e. The molecule has 0 bridgehead atoms. The molecule has 1 aliphatic heterocycles. The zero-order valence-electron chi connectivity index (χ0n) is 15.8. The minimum atomic E-state index is -0.454. The van der Waals surface area contributed by atoms with Gasteiger partial charge in [-0.05, 0) is 68.1 Å². The molecular formula is C21H21ClN6O. The second-order valence-corrected chi connectivity index (χ2v) is 7.93. The summed E-state index contributed by atoms with van der Waals surface area (Å²) in [5, 5.41) is 0.630. The van der Waals surface area contributed by atoms with E-state index in [9.17, 15) is 0 Å². The Hall–Kier alpha value is -3.06. The van der Waals surface area contributed by atoms with Gasteiger partial charge in [0.2, 0.25) is 17.8 Å². The van der Waals surface area contributed by atoms with Crippen LogP contribution in [0.5, 0.6) is 0 Å². The Balaban J connectivity index is 1.50. The molecule has 0 saturated heterocycles. The van der Waals surface area contributed by atoms with Crippen molar-refractivity contribution in [3.05, 3.63) is 47.5 Å². The van der Waals surface area contributed by atoms with E-state index in [2.05, 4.69) is 9.98 Å². The Labute approximate surface area is 173 Å². The highest BCUT2D eigenvalue weighted by Crippen LogP contribution is 2.40. The molecule has 1 aliphatic carbocycles. The quantitative estimate of drug-likeness (QED) is 0.658. The van der Waals surface area contributed by atoms with E-state index in [0.29, 0.717) is 22.5 Å². The van der Waals surface area contributed by atoms with Crippen LogP contribution in [0.4, 0.5) is 5.69 Å². The number of nitrogens with two attached hydrogens (primary N) is 2. The molecule has 1 saturated carbocycles. The van der Waals surface area contributed by atoms with Crippen molar-refractivity contribution in [1.29, 1.82) is 0 Å². The van der Waals surface area contributed by atoms with Gasteiger partial charge in [0.15, 0.2) is 5.58 Å². The molecule has 0 amide bonds. The van der Waals surface area contributed by atoms with Gasteiger partial charge in [-0.1, -0.05) is 18.0 Å². The van der Waals surface area contributed by atoms with Crippen LogP contribution in [0.25, 0.3) is 22.6 Å². The number of rotatable bonds is 2. The van der Waals surface area contributed by atoms with Crippen molar-refractivity contribution in [2.75, 3.05) is 4.90 Å². The highest BCUT2D eigenvalue weighted by atomic mass is 35.5. The Bertz CT molecular complexity index is 1130. The van der Waals surface area contributed by atoms with Gasteiger partial charge in [0.05, 0.1) is 0 Å². The van der Waals surface area contributed by atoms with Crippen LogP contribution in [-0.2, 0) is 0 Å². The Morgan fingerprint density at radius 2 is 1.76 bits per heavy atom. The molecule has 1 spiro atoms. The number of aromatic nitrogens is 1. The van der Waals surface area contributed by atoms with E-state index in [-0.39, 0.29) is 5.96 Å². The van der Waals surface area contributed by atoms with Gasteiger partial charge in [-0.2, -0.15) is 4.99 Å². The van der Waals surface area contributed by atoms with Gasteiger partial charge in [0, 0.05) is 16.3 Å². The number of benzene rings is 2. The van der Waals surface area contributed by atoms with Crippen LogP contribution in [0.2, 0.25) is 5.02 Å². The SMILES string of the molecule is NC1=NC2(CCCCC2)N(c2ccc(-c3nc4cc(Cl)ccc4o3)cc2)C(N)=N1. The lowest BCUT2D eigenvalue weighted by Gasteiger charge is -2.45. The number of nitrogens with zero attached hydrogens (tertiary/aromatic N) is 4. The maximum Gasteiger partial charge on any atom is 0.227 e. The second-order valence-electron chi connectivity index (χ2n) is 7.50. The van der Waals surface area contributed by atoms with Crippen LogP contribution in [-0.4, -0.2) is 22.6 Å². The maximum atomic E-state index is 6.29. The molecule has 3 aromatic rings. The molecule has 1 aromatic heterocycles. The molecule has 0 atom stereocenters. The van der Waals surface area contributed by atoms with Crippen molar-refractivity contribution in [2.45, 2.75) is 37.8 Å². The summed E-state index contributed by atoms with van der Waals surface area (Å²) in [5.74, 6) is 1.18. The molecule has 8 heteroatoms. The zero-order valence-corrected chi connectivity index (χ0v) is 16.6. The highest BCUT2D eigenvalue weighted by molar-refractivity contribution is 6.31. The summed E-state index contributed by atoms with van der Waals surface area (Å²) in [6.07, 6.45) is 5.17. The van der Waals surface area contributed by atoms with E-state index in [1.165, 1.54) is 6.42 Å². The molecule has 2 heterocycles. The molecule has 2 aromatic carbocycles. The zero-order chi connectivity index (χ0) is 20.0. The predicted molar refractivity (Wildman–Crippen MR) is 116 cm³/mol. The van der Waals surface area contributed by atoms with Crippen LogP contribution in [0, 0.1) is 0 Å². The van der Waals surface area contributed by atoms with E-state index >= 15 is 0 Å². The number of hydrogen-bond donors (Lipinski definition) is 2. The first-order valence-electron chi connectivity index (χ1n) is 9.70. The van der Waals surface area contributed by atoms with Crippen LogP contribution in [0.15, 0.2) is 56.9 Å². The van der Waals surface area contributed by atoms with Gasteiger partial charge in [-0.25, -0.2) is 9.98 Å².